The van der Waals surface area contributed by atoms with E-state index in [-0.39, 0.29) is 66.6 Å². The molecule has 3 amide bonds. The Morgan fingerprint density at radius 1 is 0.833 bits per heavy atom. The Kier molecular flexibility index (Phi) is 14.0. The molecule has 0 radical (unpaired) electrons. The molecule has 0 saturated heterocycles. The van der Waals surface area contributed by atoms with Crippen molar-refractivity contribution >= 4 is 70.1 Å². The lowest BCUT2D eigenvalue weighted by Crippen LogP contribution is -2.44. The highest BCUT2D eigenvalue weighted by Gasteiger charge is 2.45. The molecule has 2 aromatic heterocycles. The van der Waals surface area contributed by atoms with Crippen LogP contribution in [0.15, 0.2) is 91.1 Å². The number of amides is 3. The van der Waals surface area contributed by atoms with Crippen molar-refractivity contribution in [2.45, 2.75) is 43.4 Å². The Balaban J connectivity index is 0.882. The number of halogens is 4. The van der Waals surface area contributed by atoms with Crippen LogP contribution in [0.2, 0.25) is 5.02 Å². The van der Waals surface area contributed by atoms with Gasteiger partial charge in [-0.3, -0.25) is 24.0 Å². The van der Waals surface area contributed by atoms with Crippen molar-refractivity contribution in [3.8, 4) is 11.9 Å². The highest BCUT2D eigenvalue weighted by molar-refractivity contribution is 6.39. The molecule has 1 atom stereocenters. The molecular formula is C44H39ClF3N9O9. The molecule has 0 unspecified atom stereocenters. The molecule has 66 heavy (non-hydrogen) atoms. The number of aromatic nitrogens is 4. The van der Waals surface area contributed by atoms with Gasteiger partial charge in [0.1, 0.15) is 6.04 Å². The van der Waals surface area contributed by atoms with Crippen molar-refractivity contribution in [1.82, 2.24) is 30.6 Å². The standard InChI is InChI=1S/C44H39ClF3N9O9/c1-64-39(63)32(16-20-49-37(61)38(62)51-28-14-15-33(50-22-28)65-21-17-31-34(58)29-4-2-3-5-30(29)35(31)59)53-36(60)24-6-12-27(13-7-24)52-40-54-41(56-42(55-40)66-23-44(46,47)48)57-43(18-19-43)25-8-10-26(45)11-9-25/h2-15,22,31-32H,16-21,23H2,1H3,(H,49,61)(H,51,62)(H,53,60)(H2,52,54,55,56,57)/t32-/m1/s1. The number of alkyl halides is 3. The number of ketones is 2. The lowest BCUT2D eigenvalue weighted by atomic mass is 10.0. The molecule has 0 bridgehead atoms. The van der Waals surface area contributed by atoms with E-state index in [4.69, 9.17) is 25.8 Å². The maximum atomic E-state index is 13.2. The first kappa shape index (κ1) is 46.3. The van der Waals surface area contributed by atoms with E-state index in [2.05, 4.69) is 46.5 Å². The van der Waals surface area contributed by atoms with Crippen molar-refractivity contribution in [2.75, 3.05) is 42.8 Å². The molecule has 2 heterocycles. The lowest BCUT2D eigenvalue weighted by molar-refractivity contribution is -0.154. The summed E-state index contributed by atoms with van der Waals surface area (Å²) in [6, 6.07) is 20.5. The minimum Gasteiger partial charge on any atom is -0.478 e. The largest absolute Gasteiger partial charge is 0.478 e. The van der Waals surface area contributed by atoms with Gasteiger partial charge in [0.05, 0.1) is 37.1 Å². The van der Waals surface area contributed by atoms with E-state index < -0.39 is 60.0 Å². The SMILES string of the molecule is COC(=O)[C@@H](CCNC(=O)C(=O)Nc1ccc(OCCC2C(=O)c3ccccc3C2=O)nc1)NC(=O)c1ccc(Nc2nc(NC3(c4ccc(Cl)cc4)CC3)nc(OCC(F)(F)F)n2)cc1. The molecule has 1 fully saturated rings. The van der Waals surface area contributed by atoms with Gasteiger partial charge in [0.15, 0.2) is 18.2 Å². The van der Waals surface area contributed by atoms with Crippen LogP contribution in [0.4, 0.5) is 36.4 Å². The fourth-order valence-corrected chi connectivity index (χ4v) is 6.95. The van der Waals surface area contributed by atoms with E-state index in [1.807, 2.05) is 12.1 Å². The number of ether oxygens (including phenoxy) is 3. The van der Waals surface area contributed by atoms with Crippen LogP contribution in [0.5, 0.6) is 11.9 Å². The van der Waals surface area contributed by atoms with Gasteiger partial charge in [0.25, 0.3) is 5.91 Å². The maximum Gasteiger partial charge on any atom is 0.422 e. The van der Waals surface area contributed by atoms with Gasteiger partial charge in [-0.05, 0) is 73.7 Å². The Hall–Kier alpha value is -7.68. The average molecular weight is 930 g/mol. The highest BCUT2D eigenvalue weighted by Crippen LogP contribution is 2.48. The minimum atomic E-state index is -4.66. The number of pyridine rings is 1. The van der Waals surface area contributed by atoms with E-state index in [0.717, 1.165) is 12.7 Å². The Bertz CT molecular complexity index is 2600. The predicted molar refractivity (Wildman–Crippen MR) is 230 cm³/mol. The number of hydrogen-bond donors (Lipinski definition) is 5. The number of rotatable bonds is 18. The Labute approximate surface area is 378 Å². The summed E-state index contributed by atoms with van der Waals surface area (Å²) in [5.74, 6) is -5.01. The summed E-state index contributed by atoms with van der Waals surface area (Å²) in [5, 5.41) is 13.9. The predicted octanol–water partition coefficient (Wildman–Crippen LogP) is 5.59. The number of hydrogen-bond acceptors (Lipinski definition) is 15. The van der Waals surface area contributed by atoms with Gasteiger partial charge in [-0.15, -0.1) is 0 Å². The highest BCUT2D eigenvalue weighted by atomic mass is 35.5. The molecule has 3 aromatic carbocycles. The van der Waals surface area contributed by atoms with Gasteiger partial charge < -0.3 is 40.8 Å². The zero-order chi connectivity index (χ0) is 47.0. The quantitative estimate of drug-likeness (QED) is 0.0409. The van der Waals surface area contributed by atoms with Crippen LogP contribution in [0.1, 0.15) is 62.3 Å². The van der Waals surface area contributed by atoms with Crippen molar-refractivity contribution in [1.29, 1.82) is 0 Å². The lowest BCUT2D eigenvalue weighted by Gasteiger charge is -2.19. The van der Waals surface area contributed by atoms with Crippen LogP contribution in [0.25, 0.3) is 0 Å². The molecule has 2 aliphatic carbocycles. The van der Waals surface area contributed by atoms with Crippen LogP contribution in [0, 0.1) is 5.92 Å². The van der Waals surface area contributed by atoms with E-state index in [9.17, 15) is 41.9 Å². The summed E-state index contributed by atoms with van der Waals surface area (Å²) in [6.45, 7) is -1.84. The fraction of sp³-hybridized carbons (Fsp3) is 0.273. The van der Waals surface area contributed by atoms with Crippen LogP contribution in [0.3, 0.4) is 0 Å². The summed E-state index contributed by atoms with van der Waals surface area (Å²) in [6.07, 6.45) is -2.04. The first-order chi connectivity index (χ1) is 31.6. The van der Waals surface area contributed by atoms with Crippen molar-refractivity contribution in [3.05, 3.63) is 118 Å². The summed E-state index contributed by atoms with van der Waals surface area (Å²) < 4.78 is 54.3. The first-order valence-corrected chi connectivity index (χ1v) is 20.6. The van der Waals surface area contributed by atoms with Crippen molar-refractivity contribution in [2.24, 2.45) is 5.92 Å². The summed E-state index contributed by atoms with van der Waals surface area (Å²) >= 11 is 6.04. The molecular weight excluding hydrogens is 891 g/mol. The van der Waals surface area contributed by atoms with Crippen LogP contribution < -0.4 is 36.1 Å². The Morgan fingerprint density at radius 2 is 1.50 bits per heavy atom. The van der Waals surface area contributed by atoms with E-state index in [0.29, 0.717) is 34.7 Å². The van der Waals surface area contributed by atoms with E-state index >= 15 is 0 Å². The fourth-order valence-electron chi connectivity index (χ4n) is 6.83. The number of benzene rings is 3. The third-order valence-corrected chi connectivity index (χ3v) is 10.6. The summed E-state index contributed by atoms with van der Waals surface area (Å²) in [7, 11) is 1.11. The van der Waals surface area contributed by atoms with Gasteiger partial charge in [0, 0.05) is 40.0 Å². The van der Waals surface area contributed by atoms with Crippen molar-refractivity contribution < 1.29 is 56.1 Å². The molecule has 2 aliphatic rings. The molecule has 22 heteroatoms. The average Bonchev–Trinajstić information content (AvgIpc) is 4.04. The van der Waals surface area contributed by atoms with Gasteiger partial charge >= 0.3 is 30.0 Å². The monoisotopic (exact) mass is 929 g/mol. The zero-order valence-corrected chi connectivity index (χ0v) is 35.5. The second-order valence-electron chi connectivity index (χ2n) is 15.0. The second-order valence-corrected chi connectivity index (χ2v) is 15.4. The molecule has 1 saturated carbocycles. The summed E-state index contributed by atoms with van der Waals surface area (Å²) in [5.41, 5.74) is 1.67. The summed E-state index contributed by atoms with van der Waals surface area (Å²) in [4.78, 5) is 92.6. The third-order valence-electron chi connectivity index (χ3n) is 10.3. The molecule has 342 valence electrons. The normalized spacial score (nSPS) is 14.3. The number of carbonyl (C=O) groups is 6. The molecule has 5 aromatic rings. The number of esters is 1. The molecule has 0 aliphatic heterocycles. The smallest absolute Gasteiger partial charge is 0.422 e. The molecule has 7 rings (SSSR count). The van der Waals surface area contributed by atoms with Crippen LogP contribution in [-0.2, 0) is 24.7 Å². The van der Waals surface area contributed by atoms with Gasteiger partial charge in [-0.25, -0.2) is 9.78 Å². The first-order valence-electron chi connectivity index (χ1n) is 20.2. The zero-order valence-electron chi connectivity index (χ0n) is 34.7. The van der Waals surface area contributed by atoms with E-state index in [1.54, 1.807) is 36.4 Å². The number of fused-ring (bicyclic) bond motifs is 1. The van der Waals surface area contributed by atoms with Crippen LogP contribution >= 0.6 is 11.6 Å². The number of anilines is 4. The number of methoxy groups -OCH3 is 1. The van der Waals surface area contributed by atoms with E-state index in [1.165, 1.54) is 42.6 Å². The number of Topliss-reactive ketones (excluding diaryl/α,β-unsaturated/α-hetero) is 2. The minimum absolute atomic E-state index is 0.0304. The Morgan fingerprint density at radius 3 is 2.12 bits per heavy atom. The van der Waals surface area contributed by atoms with Gasteiger partial charge in [-0.1, -0.05) is 48.0 Å². The molecule has 5 N–H and O–H groups in total. The number of nitrogens with zero attached hydrogens (tertiary/aromatic N) is 4. The maximum absolute atomic E-state index is 13.2. The second kappa shape index (κ2) is 20.0. The van der Waals surface area contributed by atoms with Crippen LogP contribution in [-0.4, -0.2) is 94.3 Å². The molecule has 0 spiro atoms. The number of nitrogens with one attached hydrogen (secondary N) is 5. The van der Waals surface area contributed by atoms with Gasteiger partial charge in [0.2, 0.25) is 17.8 Å². The number of carbonyl (C=O) groups excluding carboxylic acids is 6. The van der Waals surface area contributed by atoms with Gasteiger partial charge in [-0.2, -0.15) is 28.1 Å². The molecule has 18 nitrogen and oxygen atoms in total. The third kappa shape index (κ3) is 11.7. The topological polar surface area (TPSA) is 242 Å². The van der Waals surface area contributed by atoms with Crippen molar-refractivity contribution in [3.63, 3.8) is 0 Å².